The maximum atomic E-state index is 2.19. The summed E-state index contributed by atoms with van der Waals surface area (Å²) in [7, 11) is 6.17. The van der Waals surface area contributed by atoms with E-state index in [1.807, 2.05) is 0 Å². The molecule has 1 aromatic heterocycles. The zero-order valence-corrected chi connectivity index (χ0v) is 12.1. The van der Waals surface area contributed by atoms with Crippen molar-refractivity contribution in [2.75, 3.05) is 19.0 Å². The van der Waals surface area contributed by atoms with Crippen LogP contribution in [0.2, 0.25) is 0 Å². The first-order chi connectivity index (χ1) is 9.06. The van der Waals surface area contributed by atoms with Gasteiger partial charge in [0, 0.05) is 38.0 Å². The second kappa shape index (κ2) is 5.70. The first-order valence-corrected chi connectivity index (χ1v) is 6.48. The minimum Gasteiger partial charge on any atom is -0.378 e. The van der Waals surface area contributed by atoms with Gasteiger partial charge in [0.2, 0.25) is 5.69 Å². The highest BCUT2D eigenvalue weighted by Crippen LogP contribution is 2.14. The van der Waals surface area contributed by atoms with E-state index in [4.69, 9.17) is 0 Å². The molecule has 0 amide bonds. The first-order valence-electron chi connectivity index (χ1n) is 6.48. The lowest BCUT2D eigenvalue weighted by Gasteiger charge is -2.11. The number of hydrogen-bond acceptors (Lipinski definition) is 1. The molecule has 2 rings (SSSR count). The molecule has 0 aliphatic rings. The molecule has 0 saturated heterocycles. The van der Waals surface area contributed by atoms with Gasteiger partial charge < -0.3 is 4.90 Å². The summed E-state index contributed by atoms with van der Waals surface area (Å²) < 4.78 is 2.12. The standard InChI is InChI=1S/C17H21N2/c1-14-11-12-19(4)17(13-14)10-7-15-5-8-16(9-6-15)18(2)3/h5-13H,1-4H3/q+1. The van der Waals surface area contributed by atoms with Gasteiger partial charge in [0.05, 0.1) is 0 Å². The molecule has 0 bridgehead atoms. The van der Waals surface area contributed by atoms with Gasteiger partial charge in [-0.3, -0.25) is 0 Å². The van der Waals surface area contributed by atoms with Crippen molar-refractivity contribution in [1.82, 2.24) is 0 Å². The Labute approximate surface area is 115 Å². The molecule has 1 heterocycles. The molecular weight excluding hydrogens is 232 g/mol. The SMILES string of the molecule is Cc1cc[n+](C)c(C=Cc2ccc(N(C)C)cc2)c1. The molecule has 0 radical (unpaired) electrons. The van der Waals surface area contributed by atoms with Crippen LogP contribution in [0.4, 0.5) is 5.69 Å². The molecule has 98 valence electrons. The summed E-state index contributed by atoms with van der Waals surface area (Å²) in [4.78, 5) is 2.11. The van der Waals surface area contributed by atoms with Crippen LogP contribution in [0.5, 0.6) is 0 Å². The van der Waals surface area contributed by atoms with E-state index in [9.17, 15) is 0 Å². The molecule has 1 aromatic carbocycles. The average molecular weight is 253 g/mol. The van der Waals surface area contributed by atoms with Crippen LogP contribution in [0.1, 0.15) is 16.8 Å². The molecule has 0 aliphatic heterocycles. The van der Waals surface area contributed by atoms with Crippen molar-refractivity contribution in [3.8, 4) is 0 Å². The number of aromatic nitrogens is 1. The van der Waals surface area contributed by atoms with Crippen molar-refractivity contribution in [3.05, 3.63) is 59.4 Å². The van der Waals surface area contributed by atoms with Gasteiger partial charge in [-0.05, 0) is 36.3 Å². The van der Waals surface area contributed by atoms with Gasteiger partial charge in [-0.1, -0.05) is 12.1 Å². The molecule has 0 unspecified atom stereocenters. The minimum atomic E-state index is 1.21. The molecule has 19 heavy (non-hydrogen) atoms. The summed E-state index contributed by atoms with van der Waals surface area (Å²) in [5.41, 5.74) is 4.92. The number of benzene rings is 1. The fourth-order valence-corrected chi connectivity index (χ4v) is 1.93. The van der Waals surface area contributed by atoms with Gasteiger partial charge in [0.25, 0.3) is 0 Å². The number of rotatable bonds is 3. The Bertz CT molecular complexity index is 581. The number of pyridine rings is 1. The molecule has 2 heteroatoms. The Balaban J connectivity index is 2.20. The summed E-state index contributed by atoms with van der Waals surface area (Å²) in [6.45, 7) is 2.11. The predicted octanol–water partition coefficient (Wildman–Crippen LogP) is 3.06. The number of hydrogen-bond donors (Lipinski definition) is 0. The smallest absolute Gasteiger partial charge is 0.205 e. The van der Waals surface area contributed by atoms with E-state index < -0.39 is 0 Å². The number of anilines is 1. The zero-order chi connectivity index (χ0) is 13.8. The van der Waals surface area contributed by atoms with Crippen molar-refractivity contribution in [2.45, 2.75) is 6.92 Å². The van der Waals surface area contributed by atoms with Crippen LogP contribution in [0.25, 0.3) is 12.2 Å². The maximum Gasteiger partial charge on any atom is 0.205 e. The van der Waals surface area contributed by atoms with E-state index in [1.54, 1.807) is 0 Å². The number of nitrogens with zero attached hydrogens (tertiary/aromatic N) is 2. The van der Waals surface area contributed by atoms with Crippen LogP contribution in [0.3, 0.4) is 0 Å². The van der Waals surface area contributed by atoms with E-state index >= 15 is 0 Å². The fraction of sp³-hybridized carbons (Fsp3) is 0.235. The van der Waals surface area contributed by atoms with E-state index in [0.29, 0.717) is 0 Å². The summed E-state index contributed by atoms with van der Waals surface area (Å²) in [6, 6.07) is 12.9. The van der Waals surface area contributed by atoms with E-state index in [-0.39, 0.29) is 0 Å². The lowest BCUT2D eigenvalue weighted by atomic mass is 10.1. The normalized spacial score (nSPS) is 10.9. The van der Waals surface area contributed by atoms with Crippen molar-refractivity contribution in [1.29, 1.82) is 0 Å². The van der Waals surface area contributed by atoms with Crippen molar-refractivity contribution < 1.29 is 4.57 Å². The van der Waals surface area contributed by atoms with Gasteiger partial charge in [0.1, 0.15) is 7.05 Å². The molecular formula is C17H21N2+. The molecule has 0 saturated carbocycles. The van der Waals surface area contributed by atoms with Crippen LogP contribution in [-0.2, 0) is 7.05 Å². The zero-order valence-electron chi connectivity index (χ0n) is 12.1. The Morgan fingerprint density at radius 3 is 2.32 bits per heavy atom. The Morgan fingerprint density at radius 1 is 1.00 bits per heavy atom. The highest BCUT2D eigenvalue weighted by atomic mass is 15.1. The van der Waals surface area contributed by atoms with Crippen LogP contribution >= 0.6 is 0 Å². The fourth-order valence-electron chi connectivity index (χ4n) is 1.93. The third kappa shape index (κ3) is 3.44. The van der Waals surface area contributed by atoms with Crippen LogP contribution in [-0.4, -0.2) is 14.1 Å². The van der Waals surface area contributed by atoms with Crippen LogP contribution in [0, 0.1) is 6.92 Å². The van der Waals surface area contributed by atoms with Crippen molar-refractivity contribution in [2.24, 2.45) is 7.05 Å². The third-order valence-corrected chi connectivity index (χ3v) is 3.20. The van der Waals surface area contributed by atoms with Gasteiger partial charge >= 0.3 is 0 Å². The maximum absolute atomic E-state index is 2.19. The number of aryl methyl sites for hydroxylation is 2. The quantitative estimate of drug-likeness (QED) is 0.763. The van der Waals surface area contributed by atoms with Gasteiger partial charge in [-0.15, -0.1) is 0 Å². The topological polar surface area (TPSA) is 7.12 Å². The highest BCUT2D eigenvalue weighted by molar-refractivity contribution is 5.68. The molecule has 0 spiro atoms. The molecule has 2 nitrogen and oxygen atoms in total. The van der Waals surface area contributed by atoms with Crippen molar-refractivity contribution >= 4 is 17.8 Å². The van der Waals surface area contributed by atoms with Gasteiger partial charge in [0.15, 0.2) is 6.20 Å². The lowest BCUT2D eigenvalue weighted by Crippen LogP contribution is -2.30. The predicted molar refractivity (Wildman–Crippen MR) is 82.1 cm³/mol. The van der Waals surface area contributed by atoms with E-state index in [1.165, 1.54) is 22.5 Å². The van der Waals surface area contributed by atoms with Gasteiger partial charge in [-0.25, -0.2) is 4.57 Å². The average Bonchev–Trinajstić information content (AvgIpc) is 2.40. The lowest BCUT2D eigenvalue weighted by molar-refractivity contribution is -0.673. The first kappa shape index (κ1) is 13.3. The summed E-state index contributed by atoms with van der Waals surface area (Å²) in [5.74, 6) is 0. The minimum absolute atomic E-state index is 1.21. The Kier molecular flexibility index (Phi) is 4.00. The molecule has 0 N–H and O–H groups in total. The van der Waals surface area contributed by atoms with E-state index in [0.717, 1.165) is 0 Å². The monoisotopic (exact) mass is 253 g/mol. The Hall–Kier alpha value is -2.09. The van der Waals surface area contributed by atoms with E-state index in [2.05, 4.69) is 92.3 Å². The summed E-state index contributed by atoms with van der Waals surface area (Å²) in [6.07, 6.45) is 6.38. The molecule has 2 aromatic rings. The van der Waals surface area contributed by atoms with Crippen LogP contribution < -0.4 is 9.47 Å². The third-order valence-electron chi connectivity index (χ3n) is 3.20. The molecule has 0 aliphatic carbocycles. The Morgan fingerprint density at radius 2 is 1.68 bits per heavy atom. The van der Waals surface area contributed by atoms with Crippen LogP contribution in [0.15, 0.2) is 42.6 Å². The second-order valence-electron chi connectivity index (χ2n) is 5.06. The molecule has 0 fully saturated rings. The molecule has 0 atom stereocenters. The largest absolute Gasteiger partial charge is 0.378 e. The summed E-state index contributed by atoms with van der Waals surface area (Å²) >= 11 is 0. The second-order valence-corrected chi connectivity index (χ2v) is 5.06. The highest BCUT2D eigenvalue weighted by Gasteiger charge is 2.01. The van der Waals surface area contributed by atoms with Gasteiger partial charge in [-0.2, -0.15) is 0 Å². The summed E-state index contributed by atoms with van der Waals surface area (Å²) in [5, 5.41) is 0. The van der Waals surface area contributed by atoms with Crippen molar-refractivity contribution in [3.63, 3.8) is 0 Å².